The van der Waals surface area contributed by atoms with Gasteiger partial charge < -0.3 is 39.3 Å². The van der Waals surface area contributed by atoms with Crippen LogP contribution in [0.1, 0.15) is 125 Å². The second-order valence-electron chi connectivity index (χ2n) is 19.1. The number of aromatic nitrogens is 2. The zero-order valence-corrected chi connectivity index (χ0v) is 40.4. The minimum Gasteiger partial charge on any atom is -0.506 e. The zero-order chi connectivity index (χ0) is 50.2. The molecule has 5 N–H and O–H groups in total. The SMILES string of the molecule is CC(C)=CCCC1(C)C=Cc2c(O)c3c(c(CC=C(C)C)c2O1)OC12C(=CCCC1C(C)(C)OC2(CC=C(C)C(=O)O)C(=O)O)C3=O.COC(=O)Nc1nc2ccc(C(=O)c3ccccc3)cc2[nH]1. The third-order valence-corrected chi connectivity index (χ3v) is 13.2. The van der Waals surface area contributed by atoms with E-state index in [0.717, 1.165) is 12.0 Å². The van der Waals surface area contributed by atoms with Gasteiger partial charge in [-0.3, -0.25) is 14.9 Å². The summed E-state index contributed by atoms with van der Waals surface area (Å²) in [5.41, 5.74) is -0.191. The number of carboxylic acids is 2. The van der Waals surface area contributed by atoms with Gasteiger partial charge in [0.25, 0.3) is 0 Å². The smallest absolute Gasteiger partial charge is 0.413 e. The highest BCUT2D eigenvalue weighted by molar-refractivity contribution is 6.17. The van der Waals surface area contributed by atoms with Gasteiger partial charge in [0.1, 0.15) is 28.4 Å². The van der Waals surface area contributed by atoms with Crippen LogP contribution in [0, 0.1) is 5.92 Å². The molecule has 0 bridgehead atoms. The van der Waals surface area contributed by atoms with Crippen molar-refractivity contribution in [2.45, 2.75) is 116 Å². The molecule has 1 aliphatic carbocycles. The maximum atomic E-state index is 14.7. The molecule has 1 aromatic heterocycles. The Bertz CT molecular complexity index is 2910. The van der Waals surface area contributed by atoms with Gasteiger partial charge in [0.2, 0.25) is 11.5 Å². The number of benzene rings is 3. The number of amides is 1. The molecule has 0 radical (unpaired) electrons. The predicted molar refractivity (Wildman–Crippen MR) is 260 cm³/mol. The number of phenols is 1. The number of aliphatic carboxylic acids is 2. The van der Waals surface area contributed by atoms with Gasteiger partial charge in [-0.05, 0) is 118 Å². The number of ether oxygens (including phenoxy) is 4. The zero-order valence-electron chi connectivity index (χ0n) is 40.4. The van der Waals surface area contributed by atoms with Gasteiger partial charge in [0.05, 0.1) is 29.3 Å². The van der Waals surface area contributed by atoms with Crippen molar-refractivity contribution < 1.29 is 58.2 Å². The van der Waals surface area contributed by atoms with Crippen LogP contribution >= 0.6 is 0 Å². The molecule has 1 amide bonds. The fraction of sp³-hybridized carbons (Fsp3) is 0.370. The monoisotopic (exact) mass is 941 g/mol. The highest BCUT2D eigenvalue weighted by Crippen LogP contribution is 2.64. The van der Waals surface area contributed by atoms with Gasteiger partial charge in [0, 0.05) is 40.2 Å². The molecule has 4 heterocycles. The summed E-state index contributed by atoms with van der Waals surface area (Å²) in [6.45, 7) is 14.9. The average molecular weight is 942 g/mol. The molecule has 69 heavy (non-hydrogen) atoms. The van der Waals surface area contributed by atoms with Crippen LogP contribution in [0.15, 0.2) is 101 Å². The lowest BCUT2D eigenvalue weighted by atomic mass is 9.60. The number of imidazole rings is 1. The van der Waals surface area contributed by atoms with Crippen molar-refractivity contribution in [1.29, 1.82) is 0 Å². The molecule has 3 aromatic carbocycles. The number of phenolic OH excluding ortho intramolecular Hbond substituents is 1. The van der Waals surface area contributed by atoms with Crippen molar-refractivity contribution >= 4 is 52.7 Å². The molecule has 4 unspecified atom stereocenters. The first-order valence-electron chi connectivity index (χ1n) is 22.9. The van der Waals surface area contributed by atoms with E-state index in [2.05, 4.69) is 26.1 Å². The lowest BCUT2D eigenvalue weighted by Gasteiger charge is -2.50. The normalized spacial score (nSPS) is 22.7. The van der Waals surface area contributed by atoms with Crippen molar-refractivity contribution in [1.82, 2.24) is 9.97 Å². The Morgan fingerprint density at radius 1 is 0.928 bits per heavy atom. The summed E-state index contributed by atoms with van der Waals surface area (Å²) in [4.78, 5) is 70.7. The van der Waals surface area contributed by atoms with Crippen molar-refractivity contribution in [3.05, 3.63) is 129 Å². The molecule has 4 aliphatic rings. The maximum Gasteiger partial charge on any atom is 0.413 e. The van der Waals surface area contributed by atoms with E-state index in [-0.39, 0.29) is 46.4 Å². The minimum absolute atomic E-state index is 0.0407. The number of Topliss-reactive ketones (excluding diaryl/α,β-unsaturated/α-hetero) is 1. The average Bonchev–Trinajstić information content (AvgIpc) is 3.79. The quantitative estimate of drug-likeness (QED) is 0.0507. The van der Waals surface area contributed by atoms with Crippen LogP contribution in [0.25, 0.3) is 17.1 Å². The fourth-order valence-corrected chi connectivity index (χ4v) is 9.78. The molecule has 3 aliphatic heterocycles. The van der Waals surface area contributed by atoms with E-state index in [1.165, 1.54) is 25.7 Å². The number of carbonyl (C=O) groups is 5. The molecule has 4 atom stereocenters. The van der Waals surface area contributed by atoms with E-state index in [0.29, 0.717) is 64.7 Å². The summed E-state index contributed by atoms with van der Waals surface area (Å²) < 4.78 is 24.7. The third-order valence-electron chi connectivity index (χ3n) is 13.2. The first-order chi connectivity index (χ1) is 32.6. The summed E-state index contributed by atoms with van der Waals surface area (Å²) in [5, 5.41) is 34.9. The molecule has 4 aromatic rings. The number of rotatable bonds is 12. The first kappa shape index (κ1) is 49.6. The number of carboxylic acid groups (broad SMARTS) is 2. The topological polar surface area (TPSA) is 224 Å². The van der Waals surface area contributed by atoms with Crippen LogP contribution in [0.4, 0.5) is 10.7 Å². The number of hydrogen-bond donors (Lipinski definition) is 5. The van der Waals surface area contributed by atoms with Gasteiger partial charge >= 0.3 is 18.0 Å². The number of aromatic hydroxyl groups is 1. The second kappa shape index (κ2) is 19.0. The highest BCUT2D eigenvalue weighted by atomic mass is 16.6. The number of hydrogen-bond acceptors (Lipinski definition) is 11. The summed E-state index contributed by atoms with van der Waals surface area (Å²) >= 11 is 0. The van der Waals surface area contributed by atoms with Gasteiger partial charge in [-0.15, -0.1) is 0 Å². The highest BCUT2D eigenvalue weighted by Gasteiger charge is 2.77. The second-order valence-corrected chi connectivity index (χ2v) is 19.1. The van der Waals surface area contributed by atoms with Gasteiger partial charge in [-0.25, -0.2) is 19.4 Å². The van der Waals surface area contributed by atoms with E-state index in [1.54, 1.807) is 56.3 Å². The molecule has 15 heteroatoms. The lowest BCUT2D eigenvalue weighted by Crippen LogP contribution is -2.66. The number of allylic oxidation sites excluding steroid dienone is 5. The Kier molecular flexibility index (Phi) is 13.7. The molecule has 8 rings (SSSR count). The standard InChI is InChI=1S/C38H46O9.C16H13N3O3/c1-21(2)11-10-18-36(8)19-17-24-29(39)28-30(40)26-12-9-13-27-35(6,7)47-37(34(43)44,20-16-23(5)33(41)42)38(26,27)46-32(28)25(31(24)45-36)15-14-22(3)4;1-22-16(21)19-15-17-12-8-7-11(9-13(12)18-15)14(20)10-5-3-2-4-6-10/h11-12,14,16-17,19,27,39H,9-10,13,15,18,20H2,1-8H3,(H,41,42)(H,43,44);2-9H,1H3,(H2,17,18,19,21). The van der Waals surface area contributed by atoms with E-state index >= 15 is 0 Å². The molecule has 1 saturated heterocycles. The van der Waals surface area contributed by atoms with Crippen molar-refractivity contribution in [2.24, 2.45) is 5.92 Å². The molecule has 1 spiro atoms. The number of fused-ring (bicyclic) bond motifs is 3. The Labute approximate surface area is 400 Å². The number of nitrogens with one attached hydrogen (secondary N) is 2. The summed E-state index contributed by atoms with van der Waals surface area (Å²) in [6.07, 6.45) is 12.5. The van der Waals surface area contributed by atoms with E-state index in [4.69, 9.17) is 14.2 Å². The predicted octanol–water partition coefficient (Wildman–Crippen LogP) is 10.5. The molecule has 362 valence electrons. The molecule has 0 saturated carbocycles. The minimum atomic E-state index is -2.16. The van der Waals surface area contributed by atoms with Gasteiger partial charge in [-0.2, -0.15) is 0 Å². The number of methoxy groups -OCH3 is 1. The Morgan fingerprint density at radius 2 is 1.64 bits per heavy atom. The largest absolute Gasteiger partial charge is 0.506 e. The first-order valence-corrected chi connectivity index (χ1v) is 22.9. The van der Waals surface area contributed by atoms with Gasteiger partial charge in [0.15, 0.2) is 17.2 Å². The van der Waals surface area contributed by atoms with E-state index in [1.807, 2.05) is 65.0 Å². The van der Waals surface area contributed by atoms with E-state index < -0.39 is 52.1 Å². The Balaban J connectivity index is 0.000000265. The molecular weight excluding hydrogens is 883 g/mol. The number of carbonyl (C=O) groups excluding carboxylic acids is 3. The van der Waals surface area contributed by atoms with E-state index in [9.17, 15) is 39.3 Å². The number of anilines is 1. The van der Waals surface area contributed by atoms with Crippen LogP contribution in [-0.4, -0.2) is 84.4 Å². The van der Waals surface area contributed by atoms with Crippen LogP contribution < -0.4 is 14.8 Å². The van der Waals surface area contributed by atoms with Crippen molar-refractivity contribution in [3.8, 4) is 17.2 Å². The van der Waals surface area contributed by atoms with Crippen LogP contribution in [0.5, 0.6) is 17.2 Å². The summed E-state index contributed by atoms with van der Waals surface area (Å²) in [5.74, 6) is -3.33. The van der Waals surface area contributed by atoms with Crippen LogP contribution in [-0.2, 0) is 25.5 Å². The van der Waals surface area contributed by atoms with Crippen molar-refractivity contribution in [2.75, 3.05) is 12.4 Å². The summed E-state index contributed by atoms with van der Waals surface area (Å²) in [7, 11) is 1.27. The Morgan fingerprint density at radius 3 is 2.29 bits per heavy atom. The number of H-pyrrole nitrogens is 1. The molecular formula is C54H59N3O12. The summed E-state index contributed by atoms with van der Waals surface area (Å²) in [6, 6.07) is 14.2. The number of aromatic amines is 1. The van der Waals surface area contributed by atoms with Gasteiger partial charge in [-0.1, -0.05) is 65.8 Å². The van der Waals surface area contributed by atoms with Crippen molar-refractivity contribution in [3.63, 3.8) is 0 Å². The lowest BCUT2D eigenvalue weighted by molar-refractivity contribution is -0.184. The van der Waals surface area contributed by atoms with Crippen LogP contribution in [0.2, 0.25) is 0 Å². The Hall–Kier alpha value is -7.26. The number of nitrogens with zero attached hydrogens (tertiary/aromatic N) is 1. The number of ketones is 2. The third kappa shape index (κ3) is 9.22. The van der Waals surface area contributed by atoms with Crippen LogP contribution in [0.3, 0.4) is 0 Å². The molecule has 1 fully saturated rings. The fourth-order valence-electron chi connectivity index (χ4n) is 9.78. The molecule has 15 nitrogen and oxygen atoms in total. The maximum absolute atomic E-state index is 14.7.